The molecular formula is C12H12ClN5. The van der Waals surface area contributed by atoms with Gasteiger partial charge in [0.05, 0.1) is 6.20 Å². The van der Waals surface area contributed by atoms with Crippen LogP contribution in [0.3, 0.4) is 0 Å². The van der Waals surface area contributed by atoms with Gasteiger partial charge in [0.25, 0.3) is 0 Å². The summed E-state index contributed by atoms with van der Waals surface area (Å²) < 4.78 is 0. The molecule has 18 heavy (non-hydrogen) atoms. The predicted octanol–water partition coefficient (Wildman–Crippen LogP) is 2.87. The Labute approximate surface area is 110 Å². The van der Waals surface area contributed by atoms with Gasteiger partial charge in [-0.05, 0) is 18.2 Å². The Bertz CT molecular complexity index is 543. The Morgan fingerprint density at radius 3 is 3.06 bits per heavy atom. The van der Waals surface area contributed by atoms with Crippen molar-refractivity contribution in [3.05, 3.63) is 48.1 Å². The minimum atomic E-state index is 0.446. The van der Waals surface area contributed by atoms with Gasteiger partial charge in [0, 0.05) is 17.3 Å². The number of benzene rings is 1. The van der Waals surface area contributed by atoms with E-state index >= 15 is 0 Å². The molecule has 92 valence electrons. The van der Waals surface area contributed by atoms with Crippen molar-refractivity contribution in [2.45, 2.75) is 0 Å². The van der Waals surface area contributed by atoms with Crippen LogP contribution < -0.4 is 10.6 Å². The highest BCUT2D eigenvalue weighted by Gasteiger charge is 2.00. The Kier molecular flexibility index (Phi) is 4.09. The Morgan fingerprint density at radius 2 is 2.28 bits per heavy atom. The van der Waals surface area contributed by atoms with E-state index in [1.165, 1.54) is 0 Å². The molecule has 6 heteroatoms. The predicted molar refractivity (Wildman–Crippen MR) is 73.2 cm³/mol. The molecule has 1 aromatic heterocycles. The highest BCUT2D eigenvalue weighted by Crippen LogP contribution is 2.18. The van der Waals surface area contributed by atoms with Crippen molar-refractivity contribution in [1.82, 2.24) is 15.2 Å². The van der Waals surface area contributed by atoms with E-state index in [2.05, 4.69) is 32.4 Å². The molecule has 0 aliphatic heterocycles. The standard InChI is InChI=1S/C12H12ClN5/c1-2-6-14-12-17-11(8-15-18-12)16-10-5-3-4-9(13)7-10/h2-5,7-8H,1,6H2,(H2,14,16,17,18). The van der Waals surface area contributed by atoms with Crippen molar-refractivity contribution in [2.75, 3.05) is 17.2 Å². The first kappa shape index (κ1) is 12.3. The number of rotatable bonds is 5. The largest absolute Gasteiger partial charge is 0.349 e. The molecule has 0 unspecified atom stereocenters. The van der Waals surface area contributed by atoms with Gasteiger partial charge in [-0.25, -0.2) is 0 Å². The third-order valence-electron chi connectivity index (χ3n) is 2.06. The maximum absolute atomic E-state index is 5.90. The summed E-state index contributed by atoms with van der Waals surface area (Å²) in [5, 5.41) is 14.4. The van der Waals surface area contributed by atoms with Crippen molar-refractivity contribution < 1.29 is 0 Å². The van der Waals surface area contributed by atoms with Crippen LogP contribution in [0.15, 0.2) is 43.1 Å². The van der Waals surface area contributed by atoms with Gasteiger partial charge in [-0.2, -0.15) is 10.1 Å². The smallest absolute Gasteiger partial charge is 0.244 e. The number of nitrogens with zero attached hydrogens (tertiary/aromatic N) is 3. The number of nitrogens with one attached hydrogen (secondary N) is 2. The van der Waals surface area contributed by atoms with Crippen molar-refractivity contribution in [3.8, 4) is 0 Å². The zero-order valence-corrected chi connectivity index (χ0v) is 10.4. The van der Waals surface area contributed by atoms with Crippen molar-refractivity contribution in [1.29, 1.82) is 0 Å². The van der Waals surface area contributed by atoms with E-state index < -0.39 is 0 Å². The van der Waals surface area contributed by atoms with Gasteiger partial charge in [-0.15, -0.1) is 11.7 Å². The van der Waals surface area contributed by atoms with Crippen molar-refractivity contribution in [2.24, 2.45) is 0 Å². The lowest BCUT2D eigenvalue weighted by molar-refractivity contribution is 0.968. The molecule has 0 spiro atoms. The fourth-order valence-electron chi connectivity index (χ4n) is 1.32. The molecule has 0 saturated heterocycles. The fraction of sp³-hybridized carbons (Fsp3) is 0.0833. The molecule has 0 amide bonds. The second kappa shape index (κ2) is 5.97. The highest BCUT2D eigenvalue weighted by atomic mass is 35.5. The first-order valence-electron chi connectivity index (χ1n) is 5.35. The normalized spacial score (nSPS) is 9.83. The summed E-state index contributed by atoms with van der Waals surface area (Å²) in [6.07, 6.45) is 3.26. The second-order valence-corrected chi connectivity index (χ2v) is 3.91. The molecule has 0 aliphatic carbocycles. The Balaban J connectivity index is 2.11. The molecule has 0 fully saturated rings. The van der Waals surface area contributed by atoms with Gasteiger partial charge in [0.1, 0.15) is 0 Å². The van der Waals surface area contributed by atoms with E-state index in [1.807, 2.05) is 18.2 Å². The van der Waals surface area contributed by atoms with E-state index in [-0.39, 0.29) is 0 Å². The van der Waals surface area contributed by atoms with E-state index in [4.69, 9.17) is 11.6 Å². The second-order valence-electron chi connectivity index (χ2n) is 3.47. The van der Waals surface area contributed by atoms with E-state index in [9.17, 15) is 0 Å². The summed E-state index contributed by atoms with van der Waals surface area (Å²) >= 11 is 5.90. The molecule has 0 atom stereocenters. The third-order valence-corrected chi connectivity index (χ3v) is 2.30. The van der Waals surface area contributed by atoms with Gasteiger partial charge in [0.2, 0.25) is 5.95 Å². The van der Waals surface area contributed by atoms with Crippen LogP contribution in [-0.2, 0) is 0 Å². The number of halogens is 1. The lowest BCUT2D eigenvalue weighted by Gasteiger charge is -2.06. The summed E-state index contributed by atoms with van der Waals surface area (Å²) in [5.74, 6) is 1.04. The summed E-state index contributed by atoms with van der Waals surface area (Å²) in [7, 11) is 0. The molecular weight excluding hydrogens is 250 g/mol. The minimum absolute atomic E-state index is 0.446. The Hall–Kier alpha value is -2.14. The van der Waals surface area contributed by atoms with Gasteiger partial charge >= 0.3 is 0 Å². The van der Waals surface area contributed by atoms with E-state index in [1.54, 1.807) is 18.3 Å². The monoisotopic (exact) mass is 261 g/mol. The van der Waals surface area contributed by atoms with Crippen LogP contribution in [-0.4, -0.2) is 21.7 Å². The van der Waals surface area contributed by atoms with Gasteiger partial charge in [0.15, 0.2) is 5.82 Å². The van der Waals surface area contributed by atoms with Crippen LogP contribution >= 0.6 is 11.6 Å². The summed E-state index contributed by atoms with van der Waals surface area (Å²) in [6, 6.07) is 7.36. The number of hydrogen-bond acceptors (Lipinski definition) is 5. The summed E-state index contributed by atoms with van der Waals surface area (Å²) in [5.41, 5.74) is 0.845. The minimum Gasteiger partial charge on any atom is -0.349 e. The molecule has 0 radical (unpaired) electrons. The van der Waals surface area contributed by atoms with Crippen LogP contribution in [0.5, 0.6) is 0 Å². The lowest BCUT2D eigenvalue weighted by atomic mass is 10.3. The van der Waals surface area contributed by atoms with Crippen molar-refractivity contribution >= 4 is 29.1 Å². The first-order valence-corrected chi connectivity index (χ1v) is 5.73. The molecule has 2 rings (SSSR count). The van der Waals surface area contributed by atoms with Crippen LogP contribution in [0, 0.1) is 0 Å². The topological polar surface area (TPSA) is 62.7 Å². The van der Waals surface area contributed by atoms with Gasteiger partial charge in [-0.1, -0.05) is 23.7 Å². The van der Waals surface area contributed by atoms with Crippen LogP contribution in [0.1, 0.15) is 0 Å². The summed E-state index contributed by atoms with van der Waals surface area (Å²) in [4.78, 5) is 4.25. The summed E-state index contributed by atoms with van der Waals surface area (Å²) in [6.45, 7) is 4.19. The quantitative estimate of drug-likeness (QED) is 0.811. The van der Waals surface area contributed by atoms with Crippen LogP contribution in [0.25, 0.3) is 0 Å². The maximum Gasteiger partial charge on any atom is 0.244 e. The third kappa shape index (κ3) is 3.43. The molecule has 1 aromatic carbocycles. The number of hydrogen-bond donors (Lipinski definition) is 2. The number of aromatic nitrogens is 3. The highest BCUT2D eigenvalue weighted by molar-refractivity contribution is 6.30. The maximum atomic E-state index is 5.90. The zero-order valence-electron chi connectivity index (χ0n) is 9.60. The zero-order chi connectivity index (χ0) is 12.8. The SMILES string of the molecule is C=CCNc1nncc(Nc2cccc(Cl)c2)n1. The molecule has 0 aliphatic rings. The molecule has 2 N–H and O–H groups in total. The van der Waals surface area contributed by atoms with Crippen LogP contribution in [0.2, 0.25) is 5.02 Å². The molecule has 1 heterocycles. The lowest BCUT2D eigenvalue weighted by Crippen LogP contribution is -2.05. The average molecular weight is 262 g/mol. The molecule has 0 saturated carbocycles. The molecule has 5 nitrogen and oxygen atoms in total. The van der Waals surface area contributed by atoms with Gasteiger partial charge in [-0.3, -0.25) is 0 Å². The average Bonchev–Trinajstić information content (AvgIpc) is 2.37. The molecule has 0 bridgehead atoms. The van der Waals surface area contributed by atoms with Crippen LogP contribution in [0.4, 0.5) is 17.5 Å². The van der Waals surface area contributed by atoms with E-state index in [0.29, 0.717) is 23.3 Å². The molecule has 2 aromatic rings. The number of anilines is 3. The Morgan fingerprint density at radius 1 is 1.39 bits per heavy atom. The van der Waals surface area contributed by atoms with Crippen molar-refractivity contribution in [3.63, 3.8) is 0 Å². The van der Waals surface area contributed by atoms with E-state index in [0.717, 1.165) is 5.69 Å². The first-order chi connectivity index (χ1) is 8.78. The fourth-order valence-corrected chi connectivity index (χ4v) is 1.51. The van der Waals surface area contributed by atoms with Gasteiger partial charge < -0.3 is 10.6 Å².